The number of nitrogens with zero attached hydrogens (tertiary/aromatic N) is 4. The van der Waals surface area contributed by atoms with E-state index in [1.54, 1.807) is 26.2 Å². The van der Waals surface area contributed by atoms with Crippen LogP contribution in [-0.2, 0) is 4.79 Å². The van der Waals surface area contributed by atoms with Gasteiger partial charge in [-0.25, -0.2) is 4.98 Å². The number of methoxy groups -OCH3 is 3. The highest BCUT2D eigenvalue weighted by Crippen LogP contribution is 2.40. The second kappa shape index (κ2) is 8.64. The van der Waals surface area contributed by atoms with Crippen molar-refractivity contribution in [2.75, 3.05) is 57.7 Å². The minimum atomic E-state index is 0.531. The number of piperazine rings is 1. The van der Waals surface area contributed by atoms with Crippen LogP contribution in [0.2, 0.25) is 0 Å². The molecule has 1 N–H and O–H groups in total. The molecule has 0 aliphatic carbocycles. The lowest BCUT2D eigenvalue weighted by Crippen LogP contribution is -2.46. The maximum atomic E-state index is 10.9. The van der Waals surface area contributed by atoms with Gasteiger partial charge in [-0.3, -0.25) is 4.79 Å². The monoisotopic (exact) mass is 387 g/mol. The van der Waals surface area contributed by atoms with Gasteiger partial charge in [-0.2, -0.15) is 4.98 Å². The Bertz CT molecular complexity index is 812. The average Bonchev–Trinajstić information content (AvgIpc) is 2.72. The molecular weight excluding hydrogens is 362 g/mol. The van der Waals surface area contributed by atoms with Gasteiger partial charge in [-0.1, -0.05) is 0 Å². The molecule has 1 amide bonds. The number of carbonyl (C=O) groups excluding carboxylic acids is 1. The van der Waals surface area contributed by atoms with Crippen molar-refractivity contribution in [3.63, 3.8) is 0 Å². The van der Waals surface area contributed by atoms with E-state index in [2.05, 4.69) is 20.2 Å². The van der Waals surface area contributed by atoms with Gasteiger partial charge < -0.3 is 29.3 Å². The van der Waals surface area contributed by atoms with E-state index in [0.29, 0.717) is 55.2 Å². The van der Waals surface area contributed by atoms with E-state index >= 15 is 0 Å². The van der Waals surface area contributed by atoms with E-state index in [9.17, 15) is 4.79 Å². The first-order chi connectivity index (χ1) is 13.6. The maximum absolute atomic E-state index is 10.9. The topological polar surface area (TPSA) is 89.1 Å². The molecule has 2 aromatic rings. The Morgan fingerprint density at radius 2 is 1.61 bits per heavy atom. The number of nitrogens with one attached hydrogen (secondary N) is 1. The van der Waals surface area contributed by atoms with E-state index < -0.39 is 0 Å². The molecule has 0 atom stereocenters. The molecule has 0 radical (unpaired) electrons. The number of aryl methyl sites for hydroxylation is 1. The third-order valence-electron chi connectivity index (χ3n) is 4.53. The Balaban J connectivity index is 1.85. The highest BCUT2D eigenvalue weighted by Gasteiger charge is 2.19. The zero-order valence-corrected chi connectivity index (χ0v) is 16.6. The van der Waals surface area contributed by atoms with Crippen LogP contribution < -0.4 is 24.4 Å². The van der Waals surface area contributed by atoms with Gasteiger partial charge in [-0.05, 0) is 6.92 Å². The highest BCUT2D eigenvalue weighted by molar-refractivity contribution is 5.67. The normalized spacial score (nSPS) is 13.9. The Hall–Kier alpha value is -3.23. The van der Waals surface area contributed by atoms with Crippen LogP contribution in [0.15, 0.2) is 18.2 Å². The summed E-state index contributed by atoms with van der Waals surface area (Å²) in [5.74, 6) is 2.94. The van der Waals surface area contributed by atoms with Crippen LogP contribution in [0.3, 0.4) is 0 Å². The number of aromatic nitrogens is 2. The quantitative estimate of drug-likeness (QED) is 0.720. The first-order valence-electron chi connectivity index (χ1n) is 8.95. The summed E-state index contributed by atoms with van der Waals surface area (Å²) in [5.41, 5.74) is 1.60. The third kappa shape index (κ3) is 4.19. The summed E-state index contributed by atoms with van der Waals surface area (Å²) in [6.45, 7) is 4.65. The number of anilines is 3. The number of hydrogen-bond donors (Lipinski definition) is 1. The molecule has 1 aliphatic rings. The Labute approximate surface area is 164 Å². The fourth-order valence-electron chi connectivity index (χ4n) is 3.09. The molecule has 0 unspecified atom stereocenters. The molecule has 3 rings (SSSR count). The van der Waals surface area contributed by atoms with E-state index in [0.717, 1.165) is 17.8 Å². The molecule has 1 aliphatic heterocycles. The molecular formula is C19H25N5O4. The largest absolute Gasteiger partial charge is 0.493 e. The van der Waals surface area contributed by atoms with Gasteiger partial charge in [0, 0.05) is 55.8 Å². The second-order valence-corrected chi connectivity index (χ2v) is 6.36. The first-order valence-corrected chi connectivity index (χ1v) is 8.95. The molecule has 28 heavy (non-hydrogen) atoms. The summed E-state index contributed by atoms with van der Waals surface area (Å²) < 4.78 is 16.2. The lowest BCUT2D eigenvalue weighted by atomic mass is 10.2. The lowest BCUT2D eigenvalue weighted by molar-refractivity contribution is -0.118. The van der Waals surface area contributed by atoms with Crippen molar-refractivity contribution in [2.45, 2.75) is 6.92 Å². The summed E-state index contributed by atoms with van der Waals surface area (Å²) in [6.07, 6.45) is 0.881. The Morgan fingerprint density at radius 3 is 2.14 bits per heavy atom. The highest BCUT2D eigenvalue weighted by atomic mass is 16.5. The predicted molar refractivity (Wildman–Crippen MR) is 106 cm³/mol. The van der Waals surface area contributed by atoms with Crippen LogP contribution in [-0.4, -0.2) is 68.8 Å². The molecule has 9 heteroatoms. The Kier molecular flexibility index (Phi) is 6.03. The number of hydrogen-bond acceptors (Lipinski definition) is 8. The van der Waals surface area contributed by atoms with Crippen LogP contribution >= 0.6 is 0 Å². The minimum absolute atomic E-state index is 0.531. The van der Waals surface area contributed by atoms with Crippen molar-refractivity contribution in [3.05, 3.63) is 23.9 Å². The van der Waals surface area contributed by atoms with Crippen molar-refractivity contribution >= 4 is 23.9 Å². The zero-order chi connectivity index (χ0) is 20.1. The van der Waals surface area contributed by atoms with Crippen LogP contribution in [0.25, 0.3) is 0 Å². The molecule has 1 fully saturated rings. The van der Waals surface area contributed by atoms with Gasteiger partial charge in [0.15, 0.2) is 11.5 Å². The van der Waals surface area contributed by atoms with Crippen molar-refractivity contribution in [2.24, 2.45) is 0 Å². The SMILES string of the molecule is COc1cc(Nc2cc(C)nc(N3CCN(C=O)CC3)n2)cc(OC)c1OC. The van der Waals surface area contributed by atoms with Crippen LogP contribution in [0.5, 0.6) is 17.2 Å². The molecule has 0 bridgehead atoms. The molecule has 1 aromatic carbocycles. The van der Waals surface area contributed by atoms with Gasteiger partial charge in [0.25, 0.3) is 0 Å². The van der Waals surface area contributed by atoms with Crippen molar-refractivity contribution in [1.29, 1.82) is 0 Å². The number of amides is 1. The van der Waals surface area contributed by atoms with Gasteiger partial charge in [0.05, 0.1) is 21.3 Å². The number of benzene rings is 1. The van der Waals surface area contributed by atoms with E-state index in [1.165, 1.54) is 0 Å². The van der Waals surface area contributed by atoms with E-state index in [4.69, 9.17) is 14.2 Å². The lowest BCUT2D eigenvalue weighted by Gasteiger charge is -2.32. The van der Waals surface area contributed by atoms with Crippen molar-refractivity contribution in [1.82, 2.24) is 14.9 Å². The minimum Gasteiger partial charge on any atom is -0.493 e. The standard InChI is InChI=1S/C19H25N5O4/c1-13-9-17(22-19(20-13)24-7-5-23(12-25)6-8-24)21-14-10-15(26-2)18(28-4)16(11-14)27-3/h9-12H,5-8H2,1-4H3,(H,20,21,22). The smallest absolute Gasteiger partial charge is 0.227 e. The molecule has 2 heterocycles. The van der Waals surface area contributed by atoms with E-state index in [-0.39, 0.29) is 0 Å². The van der Waals surface area contributed by atoms with Crippen molar-refractivity contribution < 1.29 is 19.0 Å². The molecule has 1 saturated heterocycles. The first kappa shape index (κ1) is 19.5. The molecule has 9 nitrogen and oxygen atoms in total. The molecule has 150 valence electrons. The summed E-state index contributed by atoms with van der Waals surface area (Å²) in [4.78, 5) is 23.9. The van der Waals surface area contributed by atoms with Gasteiger partial charge in [0.1, 0.15) is 5.82 Å². The van der Waals surface area contributed by atoms with Crippen LogP contribution in [0, 0.1) is 6.92 Å². The molecule has 0 spiro atoms. The zero-order valence-electron chi connectivity index (χ0n) is 16.6. The van der Waals surface area contributed by atoms with Crippen LogP contribution in [0.4, 0.5) is 17.5 Å². The van der Waals surface area contributed by atoms with Gasteiger partial charge >= 0.3 is 0 Å². The number of carbonyl (C=O) groups is 1. The summed E-state index contributed by atoms with van der Waals surface area (Å²) in [7, 11) is 4.72. The third-order valence-corrected chi connectivity index (χ3v) is 4.53. The fourth-order valence-corrected chi connectivity index (χ4v) is 3.09. The Morgan fingerprint density at radius 1 is 0.964 bits per heavy atom. The average molecular weight is 387 g/mol. The predicted octanol–water partition coefficient (Wildman–Crippen LogP) is 1.83. The summed E-state index contributed by atoms with van der Waals surface area (Å²) in [6, 6.07) is 5.51. The molecule has 0 saturated carbocycles. The van der Waals surface area contributed by atoms with E-state index in [1.807, 2.05) is 25.1 Å². The second-order valence-electron chi connectivity index (χ2n) is 6.36. The molecule has 1 aromatic heterocycles. The number of ether oxygens (including phenoxy) is 3. The van der Waals surface area contributed by atoms with Gasteiger partial charge in [-0.15, -0.1) is 0 Å². The fraction of sp³-hybridized carbons (Fsp3) is 0.421. The van der Waals surface area contributed by atoms with Gasteiger partial charge in [0.2, 0.25) is 18.1 Å². The van der Waals surface area contributed by atoms with Crippen molar-refractivity contribution in [3.8, 4) is 17.2 Å². The van der Waals surface area contributed by atoms with Crippen LogP contribution in [0.1, 0.15) is 5.69 Å². The number of rotatable bonds is 7. The summed E-state index contributed by atoms with van der Waals surface area (Å²) >= 11 is 0. The maximum Gasteiger partial charge on any atom is 0.227 e. The summed E-state index contributed by atoms with van der Waals surface area (Å²) in [5, 5.41) is 3.29.